The number of phenolic OH excluding ortho intramolecular Hbond substituents is 1. The highest BCUT2D eigenvalue weighted by atomic mass is 16.3. The van der Waals surface area contributed by atoms with Crippen LogP contribution in [0.1, 0.15) is 23.3 Å². The van der Waals surface area contributed by atoms with Crippen LogP contribution in [0.4, 0.5) is 0 Å². The minimum absolute atomic E-state index is 0.0514. The maximum atomic E-state index is 12.4. The number of H-pyrrole nitrogens is 1. The molecule has 1 amide bonds. The first-order chi connectivity index (χ1) is 10.2. The van der Waals surface area contributed by atoms with Gasteiger partial charge in [0, 0.05) is 23.5 Å². The molecule has 0 saturated carbocycles. The number of amides is 1. The number of aromatic nitrogens is 1. The van der Waals surface area contributed by atoms with Crippen molar-refractivity contribution in [3.05, 3.63) is 30.0 Å². The van der Waals surface area contributed by atoms with Crippen molar-refractivity contribution in [2.24, 2.45) is 5.92 Å². The number of piperidine rings is 3. The second kappa shape index (κ2) is 4.77. The van der Waals surface area contributed by atoms with Crippen molar-refractivity contribution in [3.63, 3.8) is 0 Å². The van der Waals surface area contributed by atoms with Gasteiger partial charge in [0.1, 0.15) is 11.4 Å². The number of benzene rings is 1. The zero-order valence-electron chi connectivity index (χ0n) is 11.8. The molecule has 1 aromatic carbocycles. The molecule has 3 aliphatic rings. The quantitative estimate of drug-likeness (QED) is 0.786. The molecule has 1 unspecified atom stereocenters. The maximum absolute atomic E-state index is 12.4. The summed E-state index contributed by atoms with van der Waals surface area (Å²) in [6.45, 7) is 3.31. The van der Waals surface area contributed by atoms with Crippen molar-refractivity contribution in [1.82, 2.24) is 15.2 Å². The maximum Gasteiger partial charge on any atom is 0.268 e. The predicted molar refractivity (Wildman–Crippen MR) is 80.4 cm³/mol. The number of nitrogens with one attached hydrogen (secondary N) is 2. The normalized spacial score (nSPS) is 27.9. The van der Waals surface area contributed by atoms with Gasteiger partial charge in [0.25, 0.3) is 5.91 Å². The number of aromatic hydroxyl groups is 1. The number of rotatable bonds is 2. The van der Waals surface area contributed by atoms with Crippen LogP contribution in [-0.2, 0) is 0 Å². The van der Waals surface area contributed by atoms with E-state index in [1.165, 1.54) is 25.9 Å². The Balaban J connectivity index is 1.53. The number of carbonyl (C=O) groups is 1. The number of carbonyl (C=O) groups excluding carboxylic acids is 1. The number of aromatic amines is 1. The first-order valence-electron chi connectivity index (χ1n) is 7.54. The Labute approximate surface area is 122 Å². The van der Waals surface area contributed by atoms with Crippen LogP contribution in [0.15, 0.2) is 24.3 Å². The molecule has 2 aromatic rings. The van der Waals surface area contributed by atoms with Crippen LogP contribution in [-0.4, -0.2) is 46.6 Å². The van der Waals surface area contributed by atoms with Crippen LogP contribution < -0.4 is 5.32 Å². The van der Waals surface area contributed by atoms with Gasteiger partial charge in [0.05, 0.1) is 0 Å². The molecule has 1 atom stereocenters. The standard InChI is InChI=1S/C16H19N3O2/c20-12-1-2-13-11(7-12)8-14(17-13)16(21)18-15-9-19-5-3-10(15)4-6-19/h1-2,7-8,10,15,17,20H,3-6,9H2,(H,18,21). The largest absolute Gasteiger partial charge is 0.508 e. The van der Waals surface area contributed by atoms with E-state index < -0.39 is 0 Å². The predicted octanol–water partition coefficient (Wildman–Crippen LogP) is 1.70. The topological polar surface area (TPSA) is 68.4 Å². The smallest absolute Gasteiger partial charge is 0.268 e. The van der Waals surface area contributed by atoms with Crippen LogP contribution in [0.5, 0.6) is 5.75 Å². The van der Waals surface area contributed by atoms with Gasteiger partial charge in [-0.2, -0.15) is 0 Å². The van der Waals surface area contributed by atoms with Gasteiger partial charge in [0.2, 0.25) is 0 Å². The Morgan fingerprint density at radius 2 is 2.10 bits per heavy atom. The minimum Gasteiger partial charge on any atom is -0.508 e. The molecule has 3 saturated heterocycles. The lowest BCUT2D eigenvalue weighted by Gasteiger charge is -2.44. The summed E-state index contributed by atoms with van der Waals surface area (Å²) in [5, 5.41) is 13.5. The van der Waals surface area contributed by atoms with Crippen LogP contribution in [0, 0.1) is 5.92 Å². The third-order valence-corrected chi connectivity index (χ3v) is 4.82. The lowest BCUT2D eigenvalue weighted by Crippen LogP contribution is -2.57. The first-order valence-corrected chi connectivity index (χ1v) is 7.54. The van der Waals surface area contributed by atoms with Gasteiger partial charge in [-0.15, -0.1) is 0 Å². The molecule has 3 aliphatic heterocycles. The van der Waals surface area contributed by atoms with E-state index in [1.807, 2.05) is 0 Å². The van der Waals surface area contributed by atoms with E-state index in [0.29, 0.717) is 11.6 Å². The fourth-order valence-corrected chi connectivity index (χ4v) is 3.62. The van der Waals surface area contributed by atoms with Crippen molar-refractivity contribution in [3.8, 4) is 5.75 Å². The zero-order valence-corrected chi connectivity index (χ0v) is 11.8. The summed E-state index contributed by atoms with van der Waals surface area (Å²) in [6.07, 6.45) is 2.37. The molecule has 1 aromatic heterocycles. The Kier molecular flexibility index (Phi) is 2.89. The number of hydrogen-bond acceptors (Lipinski definition) is 3. The van der Waals surface area contributed by atoms with Gasteiger partial charge in [-0.05, 0) is 56.1 Å². The Hall–Kier alpha value is -2.01. The molecular weight excluding hydrogens is 266 g/mol. The summed E-state index contributed by atoms with van der Waals surface area (Å²) >= 11 is 0. The molecule has 0 spiro atoms. The molecule has 3 N–H and O–H groups in total. The molecule has 5 rings (SSSR count). The fourth-order valence-electron chi connectivity index (χ4n) is 3.62. The van der Waals surface area contributed by atoms with E-state index in [2.05, 4.69) is 15.2 Å². The van der Waals surface area contributed by atoms with Crippen LogP contribution >= 0.6 is 0 Å². The van der Waals surface area contributed by atoms with E-state index in [9.17, 15) is 9.90 Å². The Morgan fingerprint density at radius 1 is 1.29 bits per heavy atom. The summed E-state index contributed by atoms with van der Waals surface area (Å²) in [6, 6.07) is 7.13. The number of phenols is 1. The molecule has 4 heterocycles. The third-order valence-electron chi connectivity index (χ3n) is 4.82. The highest BCUT2D eigenvalue weighted by molar-refractivity contribution is 5.98. The van der Waals surface area contributed by atoms with E-state index in [0.717, 1.165) is 17.4 Å². The van der Waals surface area contributed by atoms with Crippen LogP contribution in [0.25, 0.3) is 10.9 Å². The summed E-state index contributed by atoms with van der Waals surface area (Å²) in [5.74, 6) is 0.780. The van der Waals surface area contributed by atoms with Crippen molar-refractivity contribution >= 4 is 16.8 Å². The van der Waals surface area contributed by atoms with E-state index in [4.69, 9.17) is 0 Å². The third kappa shape index (κ3) is 2.27. The Bertz CT molecular complexity index is 686. The summed E-state index contributed by atoms with van der Waals surface area (Å²) < 4.78 is 0. The lowest BCUT2D eigenvalue weighted by molar-refractivity contribution is 0.0618. The SMILES string of the molecule is O=C(NC1CN2CCC1CC2)c1cc2cc(O)ccc2[nH]1. The van der Waals surface area contributed by atoms with E-state index >= 15 is 0 Å². The molecule has 110 valence electrons. The van der Waals surface area contributed by atoms with Crippen LogP contribution in [0.2, 0.25) is 0 Å². The Morgan fingerprint density at radius 3 is 2.81 bits per heavy atom. The van der Waals surface area contributed by atoms with Gasteiger partial charge >= 0.3 is 0 Å². The van der Waals surface area contributed by atoms with Crippen molar-refractivity contribution in [2.75, 3.05) is 19.6 Å². The van der Waals surface area contributed by atoms with Crippen molar-refractivity contribution in [2.45, 2.75) is 18.9 Å². The summed E-state index contributed by atoms with van der Waals surface area (Å²) in [4.78, 5) is 18.0. The average Bonchev–Trinajstić information content (AvgIpc) is 2.91. The molecule has 2 bridgehead atoms. The molecular formula is C16H19N3O2. The molecule has 5 nitrogen and oxygen atoms in total. The summed E-state index contributed by atoms with van der Waals surface area (Å²) in [5.41, 5.74) is 1.43. The van der Waals surface area contributed by atoms with Gasteiger partial charge < -0.3 is 20.3 Å². The molecule has 21 heavy (non-hydrogen) atoms. The van der Waals surface area contributed by atoms with Crippen LogP contribution in [0.3, 0.4) is 0 Å². The number of hydrogen-bond donors (Lipinski definition) is 3. The first kappa shape index (κ1) is 12.7. The van der Waals surface area contributed by atoms with Crippen molar-refractivity contribution in [1.29, 1.82) is 0 Å². The highest BCUT2D eigenvalue weighted by Gasteiger charge is 2.35. The number of fused-ring (bicyclic) bond motifs is 4. The molecule has 3 fully saturated rings. The molecule has 5 heteroatoms. The van der Waals surface area contributed by atoms with Gasteiger partial charge in [-0.3, -0.25) is 4.79 Å². The lowest BCUT2D eigenvalue weighted by atomic mass is 9.84. The highest BCUT2D eigenvalue weighted by Crippen LogP contribution is 2.28. The fraction of sp³-hybridized carbons (Fsp3) is 0.438. The second-order valence-electron chi connectivity index (χ2n) is 6.17. The zero-order chi connectivity index (χ0) is 14.4. The van der Waals surface area contributed by atoms with E-state index in [1.54, 1.807) is 24.3 Å². The second-order valence-corrected chi connectivity index (χ2v) is 6.17. The van der Waals surface area contributed by atoms with Gasteiger partial charge in [-0.25, -0.2) is 0 Å². The minimum atomic E-state index is -0.0514. The van der Waals surface area contributed by atoms with E-state index in [-0.39, 0.29) is 17.7 Å². The summed E-state index contributed by atoms with van der Waals surface area (Å²) in [7, 11) is 0. The van der Waals surface area contributed by atoms with Crippen molar-refractivity contribution < 1.29 is 9.90 Å². The van der Waals surface area contributed by atoms with Gasteiger partial charge in [0.15, 0.2) is 0 Å². The van der Waals surface area contributed by atoms with Gasteiger partial charge in [-0.1, -0.05) is 0 Å². The molecule has 0 radical (unpaired) electrons. The molecule has 0 aliphatic carbocycles. The number of nitrogens with zero attached hydrogens (tertiary/aromatic N) is 1. The monoisotopic (exact) mass is 285 g/mol. The average molecular weight is 285 g/mol.